The summed E-state index contributed by atoms with van der Waals surface area (Å²) < 4.78 is 0. The highest BCUT2D eigenvalue weighted by molar-refractivity contribution is 7.99. The molecular weight excluding hydrogens is 214 g/mol. The van der Waals surface area contributed by atoms with Crippen LogP contribution in [0.5, 0.6) is 0 Å². The van der Waals surface area contributed by atoms with Gasteiger partial charge in [0.25, 0.3) is 0 Å². The lowest BCUT2D eigenvalue weighted by Crippen LogP contribution is -2.38. The summed E-state index contributed by atoms with van der Waals surface area (Å²) in [6, 6.07) is 0. The lowest BCUT2D eigenvalue weighted by atomic mass is 10.1. The summed E-state index contributed by atoms with van der Waals surface area (Å²) in [6.07, 6.45) is 0. The minimum Gasteiger partial charge on any atom is -0.478 e. The molecule has 84 valence electrons. The predicted molar refractivity (Wildman–Crippen MR) is 59.9 cm³/mol. The van der Waals surface area contributed by atoms with Gasteiger partial charge in [-0.2, -0.15) is 11.8 Å². The van der Waals surface area contributed by atoms with Gasteiger partial charge in [-0.1, -0.05) is 0 Å². The van der Waals surface area contributed by atoms with Crippen LogP contribution >= 0.6 is 11.8 Å². The number of nitrogens with zero attached hydrogens (tertiary/aromatic N) is 1. The number of carbonyl (C=O) groups is 2. The number of amides is 1. The van der Waals surface area contributed by atoms with Crippen LogP contribution in [0.4, 0.5) is 0 Å². The molecule has 0 radical (unpaired) electrons. The minimum atomic E-state index is -1.02. The maximum atomic E-state index is 11.8. The number of thioether (sulfide) groups is 1. The third kappa shape index (κ3) is 2.99. The summed E-state index contributed by atoms with van der Waals surface area (Å²) in [5.41, 5.74) is 0.479. The first kappa shape index (κ1) is 12.1. The maximum absolute atomic E-state index is 11.8. The molecule has 15 heavy (non-hydrogen) atoms. The number of aliphatic carboxylic acids is 1. The Hall–Kier alpha value is -0.970. The molecule has 0 unspecified atom stereocenters. The molecule has 0 aromatic heterocycles. The van der Waals surface area contributed by atoms with E-state index in [-0.39, 0.29) is 11.5 Å². The van der Waals surface area contributed by atoms with Crippen molar-refractivity contribution in [3.63, 3.8) is 0 Å². The number of rotatable bonds is 2. The first-order valence-electron chi connectivity index (χ1n) is 4.82. The monoisotopic (exact) mass is 229 g/mol. The Labute approximate surface area is 93.3 Å². The molecule has 1 fully saturated rings. The molecule has 4 nitrogen and oxygen atoms in total. The van der Waals surface area contributed by atoms with E-state index in [9.17, 15) is 9.59 Å². The van der Waals surface area contributed by atoms with Crippen LogP contribution < -0.4 is 0 Å². The summed E-state index contributed by atoms with van der Waals surface area (Å²) in [4.78, 5) is 24.3. The Morgan fingerprint density at radius 3 is 2.13 bits per heavy atom. The van der Waals surface area contributed by atoms with Gasteiger partial charge < -0.3 is 10.0 Å². The molecule has 1 heterocycles. The van der Waals surface area contributed by atoms with E-state index in [1.54, 1.807) is 11.8 Å². The molecule has 0 aromatic rings. The van der Waals surface area contributed by atoms with Crippen molar-refractivity contribution < 1.29 is 14.7 Å². The molecule has 1 amide bonds. The van der Waals surface area contributed by atoms with Gasteiger partial charge in [0.05, 0.1) is 0 Å². The first-order chi connectivity index (χ1) is 7.04. The number of hydrogen-bond donors (Lipinski definition) is 1. The van der Waals surface area contributed by atoms with Crippen molar-refractivity contribution in [3.8, 4) is 0 Å². The molecule has 1 aliphatic rings. The summed E-state index contributed by atoms with van der Waals surface area (Å²) in [6.45, 7) is 4.48. The highest BCUT2D eigenvalue weighted by Gasteiger charge is 2.20. The Morgan fingerprint density at radius 2 is 1.67 bits per heavy atom. The van der Waals surface area contributed by atoms with Crippen LogP contribution in [-0.4, -0.2) is 46.5 Å². The second-order valence-corrected chi connectivity index (χ2v) is 4.68. The summed E-state index contributed by atoms with van der Waals surface area (Å²) in [5, 5.41) is 8.77. The molecule has 1 saturated heterocycles. The Bertz CT molecular complexity index is 306. The number of carboxylic acids is 1. The van der Waals surface area contributed by atoms with E-state index in [2.05, 4.69) is 0 Å². The maximum Gasteiger partial charge on any atom is 0.331 e. The van der Waals surface area contributed by atoms with E-state index in [4.69, 9.17) is 5.11 Å². The lowest BCUT2D eigenvalue weighted by molar-refractivity contribution is -0.133. The number of carboxylic acid groups (broad SMARTS) is 1. The molecule has 0 spiro atoms. The van der Waals surface area contributed by atoms with Crippen LogP contribution in [0, 0.1) is 0 Å². The van der Waals surface area contributed by atoms with E-state index in [1.807, 2.05) is 11.8 Å². The van der Waals surface area contributed by atoms with Crippen molar-refractivity contribution in [1.82, 2.24) is 4.90 Å². The molecule has 1 N–H and O–H groups in total. The predicted octanol–water partition coefficient (Wildman–Crippen LogP) is 0.983. The Morgan fingerprint density at radius 1 is 1.13 bits per heavy atom. The second kappa shape index (κ2) is 5.21. The molecule has 0 aliphatic carbocycles. The van der Waals surface area contributed by atoms with Crippen LogP contribution in [0.1, 0.15) is 13.8 Å². The topological polar surface area (TPSA) is 57.6 Å². The zero-order valence-corrected chi connectivity index (χ0v) is 9.76. The summed E-state index contributed by atoms with van der Waals surface area (Å²) in [7, 11) is 0. The van der Waals surface area contributed by atoms with Crippen molar-refractivity contribution in [2.75, 3.05) is 24.6 Å². The first-order valence-corrected chi connectivity index (χ1v) is 5.97. The van der Waals surface area contributed by atoms with Crippen LogP contribution in [0.15, 0.2) is 11.1 Å². The van der Waals surface area contributed by atoms with Gasteiger partial charge >= 0.3 is 5.97 Å². The van der Waals surface area contributed by atoms with Crippen LogP contribution in [0.3, 0.4) is 0 Å². The van der Waals surface area contributed by atoms with Crippen molar-refractivity contribution in [1.29, 1.82) is 0 Å². The molecule has 0 saturated carbocycles. The zero-order chi connectivity index (χ0) is 11.4. The fourth-order valence-corrected chi connectivity index (χ4v) is 2.23. The van der Waals surface area contributed by atoms with Gasteiger partial charge in [-0.3, -0.25) is 4.79 Å². The second-order valence-electron chi connectivity index (χ2n) is 3.46. The Kier molecular flexibility index (Phi) is 4.20. The summed E-state index contributed by atoms with van der Waals surface area (Å²) in [5.74, 6) is 0.707. The van der Waals surface area contributed by atoms with Gasteiger partial charge in [0.1, 0.15) is 0 Å². The molecule has 0 aromatic carbocycles. The van der Waals surface area contributed by atoms with Crippen molar-refractivity contribution in [2.24, 2.45) is 0 Å². The van der Waals surface area contributed by atoms with Crippen LogP contribution in [0.25, 0.3) is 0 Å². The molecule has 1 aliphatic heterocycles. The van der Waals surface area contributed by atoms with Gasteiger partial charge in [0.15, 0.2) is 0 Å². The highest BCUT2D eigenvalue weighted by Crippen LogP contribution is 2.14. The number of hydrogen-bond acceptors (Lipinski definition) is 3. The van der Waals surface area contributed by atoms with E-state index < -0.39 is 5.97 Å². The van der Waals surface area contributed by atoms with E-state index >= 15 is 0 Å². The van der Waals surface area contributed by atoms with Gasteiger partial charge in [-0.05, 0) is 13.8 Å². The SMILES string of the molecule is CC(C(=O)O)=C(C)C(=O)N1CCSCC1. The quantitative estimate of drug-likeness (QED) is 0.717. The van der Waals surface area contributed by atoms with Gasteiger partial charge in [-0.15, -0.1) is 0 Å². The third-order valence-corrected chi connectivity index (χ3v) is 3.44. The van der Waals surface area contributed by atoms with E-state index in [0.717, 1.165) is 11.5 Å². The van der Waals surface area contributed by atoms with Gasteiger partial charge in [0.2, 0.25) is 5.91 Å². The fourth-order valence-electron chi connectivity index (χ4n) is 1.32. The number of carbonyl (C=O) groups excluding carboxylic acids is 1. The van der Waals surface area contributed by atoms with Crippen LogP contribution in [-0.2, 0) is 9.59 Å². The molecule has 0 bridgehead atoms. The lowest BCUT2D eigenvalue weighted by Gasteiger charge is -2.26. The minimum absolute atomic E-state index is 0.137. The molecule has 0 atom stereocenters. The van der Waals surface area contributed by atoms with Crippen molar-refractivity contribution >= 4 is 23.6 Å². The summed E-state index contributed by atoms with van der Waals surface area (Å²) >= 11 is 1.82. The fraction of sp³-hybridized carbons (Fsp3) is 0.600. The largest absolute Gasteiger partial charge is 0.478 e. The Balaban J connectivity index is 2.74. The molecular formula is C10H15NO3S. The zero-order valence-electron chi connectivity index (χ0n) is 8.95. The van der Waals surface area contributed by atoms with Crippen molar-refractivity contribution in [3.05, 3.63) is 11.1 Å². The van der Waals surface area contributed by atoms with E-state index in [1.165, 1.54) is 6.92 Å². The standard InChI is InChI=1S/C10H15NO3S/c1-7(8(2)10(13)14)9(12)11-3-5-15-6-4-11/h3-6H2,1-2H3,(H,13,14). The van der Waals surface area contributed by atoms with E-state index in [0.29, 0.717) is 18.7 Å². The average Bonchev–Trinajstić information content (AvgIpc) is 2.27. The highest BCUT2D eigenvalue weighted by atomic mass is 32.2. The third-order valence-electron chi connectivity index (χ3n) is 2.50. The normalized spacial score (nSPS) is 18.4. The van der Waals surface area contributed by atoms with Gasteiger partial charge in [0, 0.05) is 35.7 Å². The van der Waals surface area contributed by atoms with Crippen LogP contribution in [0.2, 0.25) is 0 Å². The average molecular weight is 229 g/mol. The molecule has 1 rings (SSSR count). The smallest absolute Gasteiger partial charge is 0.331 e. The molecule has 5 heteroatoms. The van der Waals surface area contributed by atoms with Crippen molar-refractivity contribution in [2.45, 2.75) is 13.8 Å². The van der Waals surface area contributed by atoms with Gasteiger partial charge in [-0.25, -0.2) is 4.79 Å².